The van der Waals surface area contributed by atoms with Gasteiger partial charge in [0.15, 0.2) is 0 Å². The van der Waals surface area contributed by atoms with Gasteiger partial charge in [0.1, 0.15) is 5.75 Å². The number of rotatable bonds is 3. The summed E-state index contributed by atoms with van der Waals surface area (Å²) in [6, 6.07) is 13.0. The van der Waals surface area contributed by atoms with Gasteiger partial charge in [-0.25, -0.2) is 0 Å². The molecule has 0 aliphatic rings. The van der Waals surface area contributed by atoms with E-state index in [-0.39, 0.29) is 12.3 Å². The van der Waals surface area contributed by atoms with Crippen molar-refractivity contribution in [3.05, 3.63) is 54.1 Å². The van der Waals surface area contributed by atoms with Crippen LogP contribution in [0.3, 0.4) is 0 Å². The van der Waals surface area contributed by atoms with Crippen LogP contribution in [0.15, 0.2) is 48.5 Å². The molecule has 0 saturated carbocycles. The Morgan fingerprint density at radius 1 is 0.842 bits per heavy atom. The second kappa shape index (κ2) is 5.32. The maximum absolute atomic E-state index is 12.0. The van der Waals surface area contributed by atoms with Gasteiger partial charge in [-0.05, 0) is 28.8 Å². The summed E-state index contributed by atoms with van der Waals surface area (Å²) in [7, 11) is 0. The molecule has 0 spiro atoms. The molecule has 0 fully saturated rings. The lowest BCUT2D eigenvalue weighted by atomic mass is 10.0. The molecular weight excluding hydrogens is 255 g/mol. The van der Waals surface area contributed by atoms with Crippen LogP contribution in [-0.4, -0.2) is 6.36 Å². The molecule has 0 aromatic heterocycles. The summed E-state index contributed by atoms with van der Waals surface area (Å²) >= 11 is 0. The molecule has 0 saturated heterocycles. The van der Waals surface area contributed by atoms with Gasteiger partial charge in [0.2, 0.25) is 0 Å². The smallest absolute Gasteiger partial charge is 0.406 e. The molecule has 2 nitrogen and oxygen atoms in total. The van der Waals surface area contributed by atoms with Crippen molar-refractivity contribution in [2.24, 2.45) is 0 Å². The zero-order valence-corrected chi connectivity index (χ0v) is 9.87. The summed E-state index contributed by atoms with van der Waals surface area (Å²) in [5, 5.41) is 0. The van der Waals surface area contributed by atoms with Crippen molar-refractivity contribution < 1.29 is 17.9 Å². The Morgan fingerprint density at radius 2 is 1.32 bits per heavy atom. The van der Waals surface area contributed by atoms with Crippen LogP contribution in [0.2, 0.25) is 0 Å². The summed E-state index contributed by atoms with van der Waals surface area (Å²) in [6.45, 7) is 0.207. The number of ether oxygens (including phenoxy) is 1. The Morgan fingerprint density at radius 3 is 1.74 bits per heavy atom. The topological polar surface area (TPSA) is 33.0 Å². The van der Waals surface area contributed by atoms with Crippen LogP contribution in [0.5, 0.6) is 5.75 Å². The number of benzene rings is 2. The Hall–Kier alpha value is -2.01. The van der Waals surface area contributed by atoms with E-state index in [4.69, 9.17) is 5.73 Å². The van der Waals surface area contributed by atoms with E-state index >= 15 is 0 Å². The molecule has 0 atom stereocenters. The number of hydrogen-bond donors (Lipinski definition) is 0. The first-order chi connectivity index (χ1) is 8.98. The van der Waals surface area contributed by atoms with Crippen molar-refractivity contribution in [3.8, 4) is 16.9 Å². The van der Waals surface area contributed by atoms with E-state index < -0.39 is 6.36 Å². The molecule has 0 aliphatic heterocycles. The van der Waals surface area contributed by atoms with E-state index in [0.717, 1.165) is 16.7 Å². The van der Waals surface area contributed by atoms with Crippen molar-refractivity contribution in [1.82, 2.24) is 5.73 Å². The zero-order valence-electron chi connectivity index (χ0n) is 9.87. The van der Waals surface area contributed by atoms with Gasteiger partial charge < -0.3 is 4.74 Å². The quantitative estimate of drug-likeness (QED) is 0.825. The predicted molar refractivity (Wildman–Crippen MR) is 65.4 cm³/mol. The van der Waals surface area contributed by atoms with Gasteiger partial charge in [0.25, 0.3) is 0 Å². The molecule has 0 bridgehead atoms. The van der Waals surface area contributed by atoms with Crippen LogP contribution >= 0.6 is 0 Å². The average molecular weight is 266 g/mol. The lowest BCUT2D eigenvalue weighted by Gasteiger charge is -2.09. The fourth-order valence-electron chi connectivity index (χ4n) is 1.66. The highest BCUT2D eigenvalue weighted by atomic mass is 19.4. The van der Waals surface area contributed by atoms with Crippen LogP contribution in [0.4, 0.5) is 13.2 Å². The fourth-order valence-corrected chi connectivity index (χ4v) is 1.66. The Balaban J connectivity index is 2.17. The Kier molecular flexibility index (Phi) is 3.76. The molecule has 0 aliphatic carbocycles. The van der Waals surface area contributed by atoms with E-state index in [1.165, 1.54) is 12.1 Å². The number of nitrogens with one attached hydrogen (secondary N) is 1. The van der Waals surface area contributed by atoms with Crippen molar-refractivity contribution in [2.75, 3.05) is 0 Å². The van der Waals surface area contributed by atoms with E-state index in [1.807, 2.05) is 24.3 Å². The molecule has 5 heteroatoms. The molecule has 0 amide bonds. The molecule has 2 rings (SSSR count). The van der Waals surface area contributed by atoms with Crippen LogP contribution in [0.1, 0.15) is 5.56 Å². The van der Waals surface area contributed by atoms with Crippen molar-refractivity contribution in [1.29, 1.82) is 0 Å². The van der Waals surface area contributed by atoms with Gasteiger partial charge in [-0.2, -0.15) is 0 Å². The van der Waals surface area contributed by atoms with Crippen molar-refractivity contribution in [2.45, 2.75) is 12.9 Å². The SMILES string of the molecule is [NH]Cc1ccc(-c2ccc(OC(F)(F)F)cc2)cc1. The summed E-state index contributed by atoms with van der Waals surface area (Å²) in [5.41, 5.74) is 9.78. The lowest BCUT2D eigenvalue weighted by molar-refractivity contribution is -0.274. The molecule has 19 heavy (non-hydrogen) atoms. The molecular formula is C14H11F3NO. The van der Waals surface area contributed by atoms with E-state index in [9.17, 15) is 13.2 Å². The van der Waals surface area contributed by atoms with Crippen LogP contribution < -0.4 is 10.5 Å². The van der Waals surface area contributed by atoms with Gasteiger partial charge in [0, 0.05) is 6.54 Å². The summed E-state index contributed by atoms with van der Waals surface area (Å²) < 4.78 is 39.8. The molecule has 1 N–H and O–H groups in total. The first-order valence-electron chi connectivity index (χ1n) is 5.58. The van der Waals surface area contributed by atoms with Gasteiger partial charge in [0.05, 0.1) is 0 Å². The summed E-state index contributed by atoms with van der Waals surface area (Å²) in [6.07, 6.45) is -4.67. The maximum Gasteiger partial charge on any atom is 0.573 e. The minimum Gasteiger partial charge on any atom is -0.406 e. The highest BCUT2D eigenvalue weighted by molar-refractivity contribution is 5.64. The third-order valence-electron chi connectivity index (χ3n) is 2.58. The lowest BCUT2D eigenvalue weighted by Crippen LogP contribution is -2.16. The van der Waals surface area contributed by atoms with Gasteiger partial charge in [-0.3, -0.25) is 5.73 Å². The van der Waals surface area contributed by atoms with Crippen LogP contribution in [0, 0.1) is 0 Å². The first kappa shape index (κ1) is 13.4. The number of hydrogen-bond acceptors (Lipinski definition) is 1. The maximum atomic E-state index is 12.0. The van der Waals surface area contributed by atoms with Crippen molar-refractivity contribution in [3.63, 3.8) is 0 Å². The Bertz CT molecular complexity index is 532. The van der Waals surface area contributed by atoms with E-state index in [1.54, 1.807) is 12.1 Å². The molecule has 0 unspecified atom stereocenters. The highest BCUT2D eigenvalue weighted by Crippen LogP contribution is 2.26. The summed E-state index contributed by atoms with van der Waals surface area (Å²) in [4.78, 5) is 0. The monoisotopic (exact) mass is 266 g/mol. The largest absolute Gasteiger partial charge is 0.573 e. The standard InChI is InChI=1S/C14H11F3NO/c15-14(16,17)19-13-7-5-12(6-8-13)11-3-1-10(9-18)2-4-11/h1-8,18H,9H2. The molecule has 99 valence electrons. The third-order valence-corrected chi connectivity index (χ3v) is 2.58. The van der Waals surface area contributed by atoms with E-state index in [0.29, 0.717) is 0 Å². The second-order valence-corrected chi connectivity index (χ2v) is 3.95. The van der Waals surface area contributed by atoms with Gasteiger partial charge >= 0.3 is 6.36 Å². The van der Waals surface area contributed by atoms with E-state index in [2.05, 4.69) is 4.74 Å². The normalized spacial score (nSPS) is 11.4. The third kappa shape index (κ3) is 3.72. The van der Waals surface area contributed by atoms with Crippen LogP contribution in [-0.2, 0) is 6.54 Å². The minimum atomic E-state index is -4.67. The fraction of sp³-hybridized carbons (Fsp3) is 0.143. The zero-order chi connectivity index (χ0) is 13.9. The molecule has 2 aromatic carbocycles. The molecule has 0 heterocycles. The number of alkyl halides is 3. The molecule has 2 aromatic rings. The van der Waals surface area contributed by atoms with Gasteiger partial charge in [-0.15, -0.1) is 13.2 Å². The highest BCUT2D eigenvalue weighted by Gasteiger charge is 2.30. The summed E-state index contributed by atoms with van der Waals surface area (Å²) in [5.74, 6) is -0.237. The van der Waals surface area contributed by atoms with Crippen LogP contribution in [0.25, 0.3) is 11.1 Å². The Labute approximate surface area is 108 Å². The number of halogens is 3. The second-order valence-electron chi connectivity index (χ2n) is 3.95. The average Bonchev–Trinajstić information content (AvgIpc) is 2.38. The van der Waals surface area contributed by atoms with Gasteiger partial charge in [-0.1, -0.05) is 36.4 Å². The van der Waals surface area contributed by atoms with Crippen molar-refractivity contribution >= 4 is 0 Å². The predicted octanol–water partition coefficient (Wildman–Crippen LogP) is 4.04. The first-order valence-corrected chi connectivity index (χ1v) is 5.58. The minimum absolute atomic E-state index is 0.207. The molecule has 1 radical (unpaired) electrons.